The van der Waals surface area contributed by atoms with Gasteiger partial charge in [-0.1, -0.05) is 42.5 Å². The maximum Gasteiger partial charge on any atom is 0.414 e. The van der Waals surface area contributed by atoms with Crippen molar-refractivity contribution < 1.29 is 24.5 Å². The molecule has 36 heavy (non-hydrogen) atoms. The summed E-state index contributed by atoms with van der Waals surface area (Å²) in [7, 11) is 1.69. The molecule has 0 aliphatic heterocycles. The number of carboxylic acid groups (broad SMARTS) is 2. The highest BCUT2D eigenvalue weighted by molar-refractivity contribution is 6.27. The quantitative estimate of drug-likeness (QED) is 0.228. The first-order valence-corrected chi connectivity index (χ1v) is 11.3. The molecule has 0 fully saturated rings. The lowest BCUT2D eigenvalue weighted by Crippen LogP contribution is -2.16. The molecule has 188 valence electrons. The summed E-state index contributed by atoms with van der Waals surface area (Å²) in [5.74, 6) is -2.81. The zero-order chi connectivity index (χ0) is 25.8. The first kappa shape index (κ1) is 26.2. The van der Waals surface area contributed by atoms with Crippen LogP contribution in [0.2, 0.25) is 0 Å². The lowest BCUT2D eigenvalue weighted by molar-refractivity contribution is -0.159. The van der Waals surface area contributed by atoms with Crippen LogP contribution in [0.4, 0.5) is 0 Å². The molecular formula is C26H29N5O5. The van der Waals surface area contributed by atoms with Gasteiger partial charge in [0.1, 0.15) is 5.75 Å². The van der Waals surface area contributed by atoms with Crippen LogP contribution in [0.3, 0.4) is 0 Å². The first-order valence-electron chi connectivity index (χ1n) is 11.3. The minimum Gasteiger partial charge on any atom is -0.497 e. The maximum absolute atomic E-state index is 9.10. The molecule has 0 atom stereocenters. The van der Waals surface area contributed by atoms with Gasteiger partial charge in [0.05, 0.1) is 25.7 Å². The van der Waals surface area contributed by atoms with Crippen molar-refractivity contribution in [1.29, 1.82) is 0 Å². The van der Waals surface area contributed by atoms with Crippen LogP contribution in [0.1, 0.15) is 17.5 Å². The van der Waals surface area contributed by atoms with E-state index >= 15 is 0 Å². The standard InChI is InChI=1S/C24H27N5O.C2H2O4/c1-30-23-10-5-9-21(15-23)24-22(16-25-11-6-13-28-14-12-26-19-28)18-29(27-24)17-20-7-3-2-4-8-20;3-1(4)2(5)6/h2-5,7-10,12,14-15,18-19,25H,6,11,13,16-17H2,1H3;(H,3,4)(H,5,6). The second-order valence-corrected chi connectivity index (χ2v) is 7.86. The number of hydrogen-bond acceptors (Lipinski definition) is 6. The van der Waals surface area contributed by atoms with Crippen molar-refractivity contribution in [2.45, 2.75) is 26.1 Å². The molecule has 2 heterocycles. The van der Waals surface area contributed by atoms with E-state index in [1.807, 2.05) is 47.7 Å². The number of nitrogens with one attached hydrogen (secondary N) is 1. The van der Waals surface area contributed by atoms with Gasteiger partial charge in [-0.05, 0) is 30.7 Å². The number of ether oxygens (including phenoxy) is 1. The van der Waals surface area contributed by atoms with E-state index in [0.717, 1.165) is 49.6 Å². The summed E-state index contributed by atoms with van der Waals surface area (Å²) < 4.78 is 9.53. The fraction of sp³-hybridized carbons (Fsp3) is 0.231. The Hall–Kier alpha value is -4.44. The van der Waals surface area contributed by atoms with Crippen molar-refractivity contribution in [3.05, 3.63) is 90.6 Å². The van der Waals surface area contributed by atoms with Crippen molar-refractivity contribution in [3.8, 4) is 17.0 Å². The first-order chi connectivity index (χ1) is 17.5. The number of hydrogen-bond donors (Lipinski definition) is 3. The van der Waals surface area contributed by atoms with E-state index in [0.29, 0.717) is 0 Å². The number of imidazole rings is 1. The minimum absolute atomic E-state index is 0.748. The molecule has 0 unspecified atom stereocenters. The number of nitrogens with zero attached hydrogens (tertiary/aromatic N) is 4. The summed E-state index contributed by atoms with van der Waals surface area (Å²) in [5.41, 5.74) is 4.47. The minimum atomic E-state index is -1.82. The highest BCUT2D eigenvalue weighted by atomic mass is 16.5. The Labute approximate surface area is 208 Å². The molecule has 0 saturated carbocycles. The molecule has 10 heteroatoms. The second kappa shape index (κ2) is 13.4. The largest absolute Gasteiger partial charge is 0.497 e. The van der Waals surface area contributed by atoms with Crippen molar-refractivity contribution in [2.75, 3.05) is 13.7 Å². The van der Waals surface area contributed by atoms with Gasteiger partial charge in [0.15, 0.2) is 0 Å². The summed E-state index contributed by atoms with van der Waals surface area (Å²) in [4.78, 5) is 22.3. The van der Waals surface area contributed by atoms with Crippen LogP contribution in [0, 0.1) is 0 Å². The Balaban J connectivity index is 0.000000538. The van der Waals surface area contributed by atoms with Crippen LogP contribution in [-0.2, 0) is 29.2 Å². The number of carboxylic acids is 2. The monoisotopic (exact) mass is 491 g/mol. The Bertz CT molecular complexity index is 1230. The number of benzene rings is 2. The van der Waals surface area contributed by atoms with E-state index in [9.17, 15) is 0 Å². The van der Waals surface area contributed by atoms with Crippen molar-refractivity contribution in [3.63, 3.8) is 0 Å². The third kappa shape index (κ3) is 8.10. The number of aromatic nitrogens is 4. The zero-order valence-electron chi connectivity index (χ0n) is 19.9. The molecular weight excluding hydrogens is 462 g/mol. The molecule has 0 amide bonds. The molecule has 4 aromatic rings. The third-order valence-corrected chi connectivity index (χ3v) is 5.20. The average molecular weight is 492 g/mol. The smallest absolute Gasteiger partial charge is 0.414 e. The second-order valence-electron chi connectivity index (χ2n) is 7.86. The van der Waals surface area contributed by atoms with E-state index in [4.69, 9.17) is 29.6 Å². The molecule has 2 aromatic carbocycles. The average Bonchev–Trinajstić information content (AvgIpc) is 3.55. The Morgan fingerprint density at radius 2 is 1.83 bits per heavy atom. The predicted molar refractivity (Wildman–Crippen MR) is 134 cm³/mol. The molecule has 0 aliphatic rings. The van der Waals surface area contributed by atoms with E-state index in [1.54, 1.807) is 7.11 Å². The van der Waals surface area contributed by atoms with E-state index in [-0.39, 0.29) is 0 Å². The van der Waals surface area contributed by atoms with Crippen molar-refractivity contribution >= 4 is 11.9 Å². The van der Waals surface area contributed by atoms with Gasteiger partial charge >= 0.3 is 11.9 Å². The summed E-state index contributed by atoms with van der Waals surface area (Å²) in [5, 5.41) is 23.2. The Kier molecular flexibility index (Phi) is 9.78. The highest BCUT2D eigenvalue weighted by Gasteiger charge is 2.12. The predicted octanol–water partition coefficient (Wildman–Crippen LogP) is 3.14. The third-order valence-electron chi connectivity index (χ3n) is 5.20. The van der Waals surface area contributed by atoms with E-state index < -0.39 is 11.9 Å². The summed E-state index contributed by atoms with van der Waals surface area (Å²) in [6.07, 6.45) is 8.85. The number of carbonyl (C=O) groups is 2. The summed E-state index contributed by atoms with van der Waals surface area (Å²) >= 11 is 0. The highest BCUT2D eigenvalue weighted by Crippen LogP contribution is 2.26. The van der Waals surface area contributed by atoms with Crippen LogP contribution < -0.4 is 10.1 Å². The Morgan fingerprint density at radius 1 is 1.06 bits per heavy atom. The van der Waals surface area contributed by atoms with Crippen molar-refractivity contribution in [1.82, 2.24) is 24.6 Å². The topological polar surface area (TPSA) is 132 Å². The fourth-order valence-corrected chi connectivity index (χ4v) is 3.49. The van der Waals surface area contributed by atoms with Gasteiger partial charge in [-0.3, -0.25) is 4.68 Å². The molecule has 0 radical (unpaired) electrons. The maximum atomic E-state index is 9.10. The Morgan fingerprint density at radius 3 is 2.50 bits per heavy atom. The number of aryl methyl sites for hydroxylation is 1. The molecule has 0 spiro atoms. The van der Waals surface area contributed by atoms with E-state index in [1.165, 1.54) is 11.1 Å². The number of aliphatic carboxylic acids is 2. The summed E-state index contributed by atoms with van der Waals surface area (Å²) in [6, 6.07) is 18.5. The lowest BCUT2D eigenvalue weighted by Gasteiger charge is -2.07. The molecule has 4 rings (SSSR count). The molecule has 0 saturated heterocycles. The molecule has 2 aromatic heterocycles. The molecule has 3 N–H and O–H groups in total. The van der Waals surface area contributed by atoms with E-state index in [2.05, 4.69) is 51.4 Å². The summed E-state index contributed by atoms with van der Waals surface area (Å²) in [6.45, 7) is 3.41. The van der Waals surface area contributed by atoms with Gasteiger partial charge in [0, 0.05) is 42.8 Å². The van der Waals surface area contributed by atoms with Crippen LogP contribution in [0.5, 0.6) is 5.75 Å². The fourth-order valence-electron chi connectivity index (χ4n) is 3.49. The lowest BCUT2D eigenvalue weighted by atomic mass is 10.1. The molecule has 10 nitrogen and oxygen atoms in total. The SMILES string of the molecule is COc1cccc(-c2nn(Cc3ccccc3)cc2CNCCCn2ccnc2)c1.O=C(O)C(=O)O. The normalized spacial score (nSPS) is 10.4. The molecule has 0 bridgehead atoms. The van der Waals surface area contributed by atoms with Crippen LogP contribution in [0.25, 0.3) is 11.3 Å². The molecule has 0 aliphatic carbocycles. The van der Waals surface area contributed by atoms with Gasteiger partial charge in [-0.2, -0.15) is 5.10 Å². The van der Waals surface area contributed by atoms with Gasteiger partial charge in [0.2, 0.25) is 0 Å². The number of rotatable bonds is 10. The van der Waals surface area contributed by atoms with Crippen LogP contribution in [0.15, 0.2) is 79.5 Å². The van der Waals surface area contributed by atoms with Gasteiger partial charge < -0.3 is 24.8 Å². The van der Waals surface area contributed by atoms with Crippen LogP contribution in [-0.4, -0.2) is 55.1 Å². The number of methoxy groups -OCH3 is 1. The van der Waals surface area contributed by atoms with Gasteiger partial charge in [0.25, 0.3) is 0 Å². The van der Waals surface area contributed by atoms with Gasteiger partial charge in [-0.25, -0.2) is 14.6 Å². The van der Waals surface area contributed by atoms with Crippen LogP contribution >= 0.6 is 0 Å². The van der Waals surface area contributed by atoms with Crippen molar-refractivity contribution in [2.24, 2.45) is 0 Å². The zero-order valence-corrected chi connectivity index (χ0v) is 19.9. The van der Waals surface area contributed by atoms with Gasteiger partial charge in [-0.15, -0.1) is 0 Å².